The average Bonchev–Trinajstić information content (AvgIpc) is 2.49. The Morgan fingerprint density at radius 1 is 1.20 bits per heavy atom. The molecule has 0 N–H and O–H groups in total. The second-order valence-corrected chi connectivity index (χ2v) is 6.09. The van der Waals surface area contributed by atoms with Crippen LogP contribution in [0.15, 0.2) is 12.1 Å². The highest BCUT2D eigenvalue weighted by atomic mass is 35.5. The number of rotatable bonds is 5. The first-order chi connectivity index (χ1) is 9.67. The molecule has 0 spiro atoms. The minimum atomic E-state index is 0.242. The van der Waals surface area contributed by atoms with Gasteiger partial charge in [0, 0.05) is 5.88 Å². The molecule has 20 heavy (non-hydrogen) atoms. The van der Waals surface area contributed by atoms with Crippen molar-refractivity contribution in [2.75, 3.05) is 7.11 Å². The number of methoxy groups -OCH3 is 1. The Bertz CT molecular complexity index is 440. The summed E-state index contributed by atoms with van der Waals surface area (Å²) in [6, 6.07) is 3.75. The standard InChI is InChI=1S/C16H22Cl2O2/c1-3-11-4-6-13(7-5-11)20-16-14(18)8-12(10-17)9-15(16)19-2/h8-9,11,13H,3-7,10H2,1-2H3. The van der Waals surface area contributed by atoms with Gasteiger partial charge in [0.2, 0.25) is 0 Å². The van der Waals surface area contributed by atoms with E-state index in [1.54, 1.807) is 7.11 Å². The van der Waals surface area contributed by atoms with Gasteiger partial charge in [0.25, 0.3) is 0 Å². The summed E-state index contributed by atoms with van der Waals surface area (Å²) in [4.78, 5) is 0. The molecule has 0 saturated heterocycles. The van der Waals surface area contributed by atoms with E-state index in [0.29, 0.717) is 22.4 Å². The van der Waals surface area contributed by atoms with Gasteiger partial charge in [0.15, 0.2) is 11.5 Å². The van der Waals surface area contributed by atoms with Crippen LogP contribution in [0.4, 0.5) is 0 Å². The van der Waals surface area contributed by atoms with Crippen molar-refractivity contribution in [1.29, 1.82) is 0 Å². The zero-order valence-corrected chi connectivity index (χ0v) is 13.6. The van der Waals surface area contributed by atoms with Crippen LogP contribution in [0.5, 0.6) is 11.5 Å². The second-order valence-electron chi connectivity index (χ2n) is 5.41. The fraction of sp³-hybridized carbons (Fsp3) is 0.625. The van der Waals surface area contributed by atoms with Gasteiger partial charge in [0.05, 0.1) is 18.2 Å². The SMILES string of the molecule is CCC1CCC(Oc2c(Cl)cc(CCl)cc2OC)CC1. The van der Waals surface area contributed by atoms with Crippen molar-refractivity contribution in [2.24, 2.45) is 5.92 Å². The van der Waals surface area contributed by atoms with Crippen LogP contribution in [0.1, 0.15) is 44.6 Å². The van der Waals surface area contributed by atoms with Crippen LogP contribution in [0.2, 0.25) is 5.02 Å². The molecule has 1 aromatic rings. The third kappa shape index (κ3) is 3.73. The van der Waals surface area contributed by atoms with Crippen molar-refractivity contribution in [1.82, 2.24) is 0 Å². The van der Waals surface area contributed by atoms with E-state index >= 15 is 0 Å². The molecule has 0 heterocycles. The smallest absolute Gasteiger partial charge is 0.180 e. The number of hydrogen-bond donors (Lipinski definition) is 0. The molecule has 1 saturated carbocycles. The van der Waals surface area contributed by atoms with Crippen LogP contribution in [0.25, 0.3) is 0 Å². The number of benzene rings is 1. The lowest BCUT2D eigenvalue weighted by molar-refractivity contribution is 0.126. The third-order valence-corrected chi connectivity index (χ3v) is 4.69. The first-order valence-electron chi connectivity index (χ1n) is 7.27. The summed E-state index contributed by atoms with van der Waals surface area (Å²) < 4.78 is 11.5. The zero-order chi connectivity index (χ0) is 14.5. The molecule has 0 bridgehead atoms. The molecule has 1 aromatic carbocycles. The van der Waals surface area contributed by atoms with Crippen molar-refractivity contribution in [3.05, 3.63) is 22.7 Å². The van der Waals surface area contributed by atoms with Gasteiger partial charge in [-0.15, -0.1) is 11.6 Å². The van der Waals surface area contributed by atoms with Gasteiger partial charge in [0.1, 0.15) is 0 Å². The maximum Gasteiger partial charge on any atom is 0.180 e. The molecule has 0 radical (unpaired) electrons. The highest BCUT2D eigenvalue weighted by Gasteiger charge is 2.23. The van der Waals surface area contributed by atoms with Crippen LogP contribution in [-0.2, 0) is 5.88 Å². The van der Waals surface area contributed by atoms with Gasteiger partial charge < -0.3 is 9.47 Å². The van der Waals surface area contributed by atoms with Crippen molar-refractivity contribution >= 4 is 23.2 Å². The molecule has 0 aromatic heterocycles. The maximum absolute atomic E-state index is 6.30. The normalized spacial score (nSPS) is 22.6. The van der Waals surface area contributed by atoms with Gasteiger partial charge in [-0.3, -0.25) is 0 Å². The Morgan fingerprint density at radius 2 is 1.90 bits per heavy atom. The zero-order valence-electron chi connectivity index (χ0n) is 12.1. The Kier molecular flexibility index (Phi) is 5.86. The van der Waals surface area contributed by atoms with E-state index in [1.165, 1.54) is 19.3 Å². The predicted octanol–water partition coefficient (Wildman–Crippen LogP) is 5.44. The lowest BCUT2D eigenvalue weighted by Crippen LogP contribution is -2.24. The molecule has 2 rings (SSSR count). The largest absolute Gasteiger partial charge is 0.493 e. The minimum Gasteiger partial charge on any atom is -0.493 e. The van der Waals surface area contributed by atoms with Gasteiger partial charge >= 0.3 is 0 Å². The average molecular weight is 317 g/mol. The van der Waals surface area contributed by atoms with Crippen molar-refractivity contribution < 1.29 is 9.47 Å². The fourth-order valence-electron chi connectivity index (χ4n) is 2.79. The van der Waals surface area contributed by atoms with E-state index in [-0.39, 0.29) is 6.10 Å². The monoisotopic (exact) mass is 316 g/mol. The summed E-state index contributed by atoms with van der Waals surface area (Å²) in [7, 11) is 1.63. The summed E-state index contributed by atoms with van der Waals surface area (Å²) >= 11 is 12.2. The molecule has 1 aliphatic carbocycles. The molecule has 112 valence electrons. The van der Waals surface area contributed by atoms with Crippen LogP contribution < -0.4 is 9.47 Å². The highest BCUT2D eigenvalue weighted by Crippen LogP contribution is 2.39. The molecule has 1 fully saturated rings. The van der Waals surface area contributed by atoms with Crippen molar-refractivity contribution in [2.45, 2.75) is 51.0 Å². The summed E-state index contributed by atoms with van der Waals surface area (Å²) in [6.45, 7) is 2.26. The first kappa shape index (κ1) is 15.8. The van der Waals surface area contributed by atoms with Gasteiger partial charge in [-0.25, -0.2) is 0 Å². The summed E-state index contributed by atoms with van der Waals surface area (Å²) in [5, 5.41) is 0.581. The fourth-order valence-corrected chi connectivity index (χ4v) is 3.22. The molecule has 0 unspecified atom stereocenters. The molecule has 4 heteroatoms. The predicted molar refractivity (Wildman–Crippen MR) is 84.2 cm³/mol. The Balaban J connectivity index is 2.09. The van der Waals surface area contributed by atoms with Crippen LogP contribution >= 0.6 is 23.2 Å². The van der Waals surface area contributed by atoms with Crippen molar-refractivity contribution in [3.8, 4) is 11.5 Å². The van der Waals surface area contributed by atoms with Gasteiger partial charge in [-0.05, 0) is 49.3 Å². The number of hydrogen-bond acceptors (Lipinski definition) is 2. The number of ether oxygens (including phenoxy) is 2. The second kappa shape index (κ2) is 7.42. The molecule has 0 aliphatic heterocycles. The molecule has 2 nitrogen and oxygen atoms in total. The van der Waals surface area contributed by atoms with E-state index in [4.69, 9.17) is 32.7 Å². The first-order valence-corrected chi connectivity index (χ1v) is 8.18. The van der Waals surface area contributed by atoms with Gasteiger partial charge in [-0.1, -0.05) is 24.9 Å². The summed E-state index contributed by atoms with van der Waals surface area (Å²) in [5.74, 6) is 2.59. The minimum absolute atomic E-state index is 0.242. The van der Waals surface area contributed by atoms with Crippen LogP contribution in [-0.4, -0.2) is 13.2 Å². The lowest BCUT2D eigenvalue weighted by Gasteiger charge is -2.29. The van der Waals surface area contributed by atoms with Gasteiger partial charge in [-0.2, -0.15) is 0 Å². The van der Waals surface area contributed by atoms with Crippen molar-refractivity contribution in [3.63, 3.8) is 0 Å². The Labute approximate surface area is 131 Å². The van der Waals surface area contributed by atoms with Crippen LogP contribution in [0.3, 0.4) is 0 Å². The molecular formula is C16H22Cl2O2. The summed E-state index contributed by atoms with van der Waals surface area (Å²) in [6.07, 6.45) is 6.17. The quantitative estimate of drug-likeness (QED) is 0.674. The molecular weight excluding hydrogens is 295 g/mol. The number of halogens is 2. The topological polar surface area (TPSA) is 18.5 Å². The molecule has 0 amide bonds. The molecule has 0 atom stereocenters. The van der Waals surface area contributed by atoms with E-state index in [1.807, 2.05) is 12.1 Å². The van der Waals surface area contributed by atoms with E-state index in [2.05, 4.69) is 6.92 Å². The molecule has 1 aliphatic rings. The lowest BCUT2D eigenvalue weighted by atomic mass is 9.86. The summed E-state index contributed by atoms with van der Waals surface area (Å²) in [5.41, 5.74) is 0.940. The number of alkyl halides is 1. The third-order valence-electron chi connectivity index (χ3n) is 4.10. The van der Waals surface area contributed by atoms with E-state index in [9.17, 15) is 0 Å². The Hall–Kier alpha value is -0.600. The maximum atomic E-state index is 6.30. The van der Waals surface area contributed by atoms with Crippen LogP contribution in [0, 0.1) is 5.92 Å². The Morgan fingerprint density at radius 3 is 2.45 bits per heavy atom. The van der Waals surface area contributed by atoms with E-state index in [0.717, 1.165) is 24.3 Å². The van der Waals surface area contributed by atoms with E-state index < -0.39 is 0 Å². The highest BCUT2D eigenvalue weighted by molar-refractivity contribution is 6.32.